The quantitative estimate of drug-likeness (QED) is 0.816. The Bertz CT molecular complexity index is 730. The molecule has 0 amide bonds. The van der Waals surface area contributed by atoms with Crippen LogP contribution in [0.2, 0.25) is 0 Å². The topological polar surface area (TPSA) is 109 Å². The molecule has 2 rings (SSSR count). The van der Waals surface area contributed by atoms with Gasteiger partial charge in [0.15, 0.2) is 0 Å². The Kier molecular flexibility index (Phi) is 4.48. The Labute approximate surface area is 126 Å². The molecule has 0 saturated carbocycles. The van der Waals surface area contributed by atoms with E-state index in [-0.39, 0.29) is 20.1 Å². The van der Waals surface area contributed by atoms with Crippen LogP contribution in [0.5, 0.6) is 0 Å². The number of aromatic carboxylic acids is 1. The Morgan fingerprint density at radius 3 is 2.80 bits per heavy atom. The molecule has 0 unspecified atom stereocenters. The molecule has 0 saturated heterocycles. The SMILES string of the molecule is O=C(O)c1cc(S(=O)(=O)NCc2cccnn2)c(Br)s1. The standard InChI is InChI=1S/C10H8BrN3O4S2/c11-9-8(4-7(19-9)10(15)16)20(17,18)13-5-6-2-1-3-12-14-6/h1-4,13H,5H2,(H,15,16). The lowest BCUT2D eigenvalue weighted by molar-refractivity contribution is 0.0702. The summed E-state index contributed by atoms with van der Waals surface area (Å²) in [5.41, 5.74) is 0.459. The Morgan fingerprint density at radius 2 is 2.25 bits per heavy atom. The Hall–Kier alpha value is -1.36. The van der Waals surface area contributed by atoms with Crippen molar-refractivity contribution in [3.63, 3.8) is 0 Å². The van der Waals surface area contributed by atoms with Crippen molar-refractivity contribution in [2.75, 3.05) is 0 Å². The van der Waals surface area contributed by atoms with Gasteiger partial charge >= 0.3 is 5.97 Å². The molecule has 0 fully saturated rings. The van der Waals surface area contributed by atoms with Crippen LogP contribution >= 0.6 is 27.3 Å². The molecular formula is C10H8BrN3O4S2. The first kappa shape index (κ1) is 15.0. The maximum absolute atomic E-state index is 12.1. The van der Waals surface area contributed by atoms with Crippen LogP contribution in [0.3, 0.4) is 0 Å². The minimum absolute atomic E-state index is 0.0269. The first-order valence-electron chi connectivity index (χ1n) is 5.19. The van der Waals surface area contributed by atoms with Crippen LogP contribution in [0.25, 0.3) is 0 Å². The third-order valence-corrected chi connectivity index (χ3v) is 5.87. The second-order valence-electron chi connectivity index (χ2n) is 3.59. The van der Waals surface area contributed by atoms with Gasteiger partial charge < -0.3 is 5.11 Å². The Balaban J connectivity index is 2.20. The van der Waals surface area contributed by atoms with Crippen LogP contribution in [0.1, 0.15) is 15.4 Å². The molecular weight excluding hydrogens is 370 g/mol. The van der Waals surface area contributed by atoms with E-state index in [1.165, 1.54) is 6.20 Å². The summed E-state index contributed by atoms with van der Waals surface area (Å²) < 4.78 is 26.7. The van der Waals surface area contributed by atoms with E-state index in [2.05, 4.69) is 30.8 Å². The zero-order valence-corrected chi connectivity index (χ0v) is 13.0. The van der Waals surface area contributed by atoms with Crippen LogP contribution in [0.15, 0.2) is 33.1 Å². The molecule has 0 aromatic carbocycles. The van der Waals surface area contributed by atoms with E-state index in [0.29, 0.717) is 5.69 Å². The second-order valence-corrected chi connectivity index (χ2v) is 7.70. The molecule has 0 aliphatic carbocycles. The molecule has 0 aliphatic rings. The largest absolute Gasteiger partial charge is 0.477 e. The molecule has 106 valence electrons. The van der Waals surface area contributed by atoms with Crippen LogP contribution in [0, 0.1) is 0 Å². The molecule has 0 radical (unpaired) electrons. The number of nitrogens with one attached hydrogen (secondary N) is 1. The van der Waals surface area contributed by atoms with Crippen molar-refractivity contribution in [3.05, 3.63) is 38.8 Å². The van der Waals surface area contributed by atoms with Gasteiger partial charge in [-0.05, 0) is 34.1 Å². The molecule has 0 spiro atoms. The predicted molar refractivity (Wildman–Crippen MR) is 75.0 cm³/mol. The smallest absolute Gasteiger partial charge is 0.345 e. The van der Waals surface area contributed by atoms with E-state index in [9.17, 15) is 13.2 Å². The van der Waals surface area contributed by atoms with Gasteiger partial charge in [-0.15, -0.1) is 11.3 Å². The molecule has 7 nitrogen and oxygen atoms in total. The fourth-order valence-electron chi connectivity index (χ4n) is 1.32. The van der Waals surface area contributed by atoms with Gasteiger partial charge in [-0.25, -0.2) is 17.9 Å². The lowest BCUT2D eigenvalue weighted by atomic mass is 10.4. The highest BCUT2D eigenvalue weighted by atomic mass is 79.9. The highest BCUT2D eigenvalue weighted by Crippen LogP contribution is 2.31. The minimum Gasteiger partial charge on any atom is -0.477 e. The number of halogens is 1. The Morgan fingerprint density at radius 1 is 1.50 bits per heavy atom. The average Bonchev–Trinajstić information content (AvgIpc) is 2.81. The molecule has 2 heterocycles. The summed E-state index contributed by atoms with van der Waals surface area (Å²) in [5, 5.41) is 16.2. The van der Waals surface area contributed by atoms with E-state index in [1.54, 1.807) is 12.1 Å². The van der Waals surface area contributed by atoms with E-state index in [0.717, 1.165) is 17.4 Å². The normalized spacial score (nSPS) is 11.4. The molecule has 0 aliphatic heterocycles. The van der Waals surface area contributed by atoms with Crippen molar-refractivity contribution in [1.29, 1.82) is 0 Å². The first-order chi connectivity index (χ1) is 9.40. The van der Waals surface area contributed by atoms with Gasteiger partial charge in [0.25, 0.3) is 0 Å². The molecule has 10 heteroatoms. The van der Waals surface area contributed by atoms with Crippen molar-refractivity contribution in [1.82, 2.24) is 14.9 Å². The minimum atomic E-state index is -3.82. The van der Waals surface area contributed by atoms with Crippen molar-refractivity contribution in [2.45, 2.75) is 11.4 Å². The monoisotopic (exact) mass is 377 g/mol. The van der Waals surface area contributed by atoms with Crippen LogP contribution < -0.4 is 4.72 Å². The number of nitrogens with zero attached hydrogens (tertiary/aromatic N) is 2. The van der Waals surface area contributed by atoms with E-state index in [1.807, 2.05) is 0 Å². The number of carboxylic acid groups (broad SMARTS) is 1. The number of carbonyl (C=O) groups is 1. The van der Waals surface area contributed by atoms with Crippen LogP contribution in [-0.2, 0) is 16.6 Å². The predicted octanol–water partition coefficient (Wildman–Crippen LogP) is 1.48. The summed E-state index contributed by atoms with van der Waals surface area (Å²) in [6, 6.07) is 4.37. The van der Waals surface area contributed by atoms with Gasteiger partial charge in [0.1, 0.15) is 9.77 Å². The molecule has 20 heavy (non-hydrogen) atoms. The summed E-state index contributed by atoms with van der Waals surface area (Å²) in [7, 11) is -3.82. The molecule has 2 aromatic rings. The molecule has 2 aromatic heterocycles. The summed E-state index contributed by atoms with van der Waals surface area (Å²) in [4.78, 5) is 10.7. The van der Waals surface area contributed by atoms with Gasteiger partial charge in [-0.2, -0.15) is 10.2 Å². The van der Waals surface area contributed by atoms with E-state index >= 15 is 0 Å². The highest BCUT2D eigenvalue weighted by Gasteiger charge is 2.23. The van der Waals surface area contributed by atoms with Crippen molar-refractivity contribution in [3.8, 4) is 0 Å². The van der Waals surface area contributed by atoms with Gasteiger partial charge in [-0.3, -0.25) is 0 Å². The van der Waals surface area contributed by atoms with Gasteiger partial charge in [0.05, 0.1) is 16.0 Å². The van der Waals surface area contributed by atoms with Crippen LogP contribution in [-0.4, -0.2) is 29.7 Å². The number of hydrogen-bond donors (Lipinski definition) is 2. The van der Waals surface area contributed by atoms with Gasteiger partial charge in [0.2, 0.25) is 10.0 Å². The molecule has 0 bridgehead atoms. The van der Waals surface area contributed by atoms with Crippen LogP contribution in [0.4, 0.5) is 0 Å². The van der Waals surface area contributed by atoms with E-state index < -0.39 is 16.0 Å². The summed E-state index contributed by atoms with van der Waals surface area (Å²) >= 11 is 3.90. The summed E-state index contributed by atoms with van der Waals surface area (Å²) in [5.74, 6) is -1.17. The first-order valence-corrected chi connectivity index (χ1v) is 8.28. The third kappa shape index (κ3) is 3.39. The highest BCUT2D eigenvalue weighted by molar-refractivity contribution is 9.11. The number of hydrogen-bond acceptors (Lipinski definition) is 6. The number of sulfonamides is 1. The number of carboxylic acids is 1. The fraction of sp³-hybridized carbons (Fsp3) is 0.100. The number of thiophene rings is 1. The average molecular weight is 378 g/mol. The van der Waals surface area contributed by atoms with Crippen molar-refractivity contribution >= 4 is 43.3 Å². The third-order valence-electron chi connectivity index (χ3n) is 2.23. The summed E-state index contributed by atoms with van der Waals surface area (Å²) in [6.07, 6.45) is 1.48. The lowest BCUT2D eigenvalue weighted by Crippen LogP contribution is -2.23. The zero-order valence-electron chi connectivity index (χ0n) is 9.78. The number of rotatable bonds is 5. The van der Waals surface area contributed by atoms with Crippen molar-refractivity contribution < 1.29 is 18.3 Å². The maximum atomic E-state index is 12.1. The lowest BCUT2D eigenvalue weighted by Gasteiger charge is -2.04. The van der Waals surface area contributed by atoms with Gasteiger partial charge in [0, 0.05) is 6.20 Å². The maximum Gasteiger partial charge on any atom is 0.345 e. The van der Waals surface area contributed by atoms with Crippen molar-refractivity contribution in [2.24, 2.45) is 0 Å². The number of aromatic nitrogens is 2. The second kappa shape index (κ2) is 5.95. The zero-order chi connectivity index (χ0) is 14.8. The van der Waals surface area contributed by atoms with Gasteiger partial charge in [-0.1, -0.05) is 0 Å². The molecule has 0 atom stereocenters. The van der Waals surface area contributed by atoms with E-state index in [4.69, 9.17) is 5.11 Å². The summed E-state index contributed by atoms with van der Waals surface area (Å²) in [6.45, 7) is -0.0269. The molecule has 2 N–H and O–H groups in total. The fourth-order valence-corrected chi connectivity index (χ4v) is 4.72.